The van der Waals surface area contributed by atoms with Crippen molar-refractivity contribution in [2.24, 2.45) is 0 Å². The molecular formula is C11H22NO3. The van der Waals surface area contributed by atoms with Crippen LogP contribution in [0.25, 0.3) is 0 Å². The molecule has 0 aliphatic carbocycles. The fourth-order valence-electron chi connectivity index (χ4n) is 1.13. The molecule has 0 aromatic rings. The Hall–Kier alpha value is -0.770. The third-order valence-corrected chi connectivity index (χ3v) is 2.08. The van der Waals surface area contributed by atoms with E-state index < -0.39 is 12.3 Å². The van der Waals surface area contributed by atoms with Crippen LogP contribution < -0.4 is 5.32 Å². The summed E-state index contributed by atoms with van der Waals surface area (Å²) in [6.07, 6.45) is 3.66. The number of hydrogen-bond donors (Lipinski definition) is 1. The van der Waals surface area contributed by atoms with Gasteiger partial charge in [0.1, 0.15) is 0 Å². The van der Waals surface area contributed by atoms with Crippen molar-refractivity contribution in [3.8, 4) is 0 Å². The molecule has 0 saturated heterocycles. The second-order valence-corrected chi connectivity index (χ2v) is 3.62. The van der Waals surface area contributed by atoms with Crippen LogP contribution in [-0.2, 0) is 9.84 Å². The van der Waals surface area contributed by atoms with Crippen molar-refractivity contribution in [1.82, 2.24) is 5.32 Å². The van der Waals surface area contributed by atoms with Crippen LogP contribution in [0.4, 0.5) is 4.79 Å². The van der Waals surface area contributed by atoms with E-state index in [4.69, 9.17) is 4.74 Å². The zero-order valence-corrected chi connectivity index (χ0v) is 9.75. The summed E-state index contributed by atoms with van der Waals surface area (Å²) < 4.78 is 4.81. The number of rotatable bonds is 8. The van der Waals surface area contributed by atoms with Crippen LogP contribution in [0.15, 0.2) is 0 Å². The van der Waals surface area contributed by atoms with Crippen LogP contribution in [0.2, 0.25) is 0 Å². The highest BCUT2D eigenvalue weighted by Gasteiger charge is 2.10. The van der Waals surface area contributed by atoms with Crippen molar-refractivity contribution in [2.45, 2.75) is 58.6 Å². The molecule has 1 amide bonds. The zero-order valence-electron chi connectivity index (χ0n) is 9.75. The first-order valence-corrected chi connectivity index (χ1v) is 5.79. The summed E-state index contributed by atoms with van der Waals surface area (Å²) in [6, 6.07) is 0. The van der Waals surface area contributed by atoms with E-state index in [1.807, 2.05) is 6.92 Å². The van der Waals surface area contributed by atoms with Crippen molar-refractivity contribution in [2.75, 3.05) is 6.61 Å². The van der Waals surface area contributed by atoms with Crippen molar-refractivity contribution in [3.05, 3.63) is 0 Å². The van der Waals surface area contributed by atoms with Crippen molar-refractivity contribution < 1.29 is 14.6 Å². The molecule has 0 spiro atoms. The molecule has 0 bridgehead atoms. The molecule has 1 radical (unpaired) electrons. The van der Waals surface area contributed by atoms with Crippen molar-refractivity contribution >= 4 is 6.09 Å². The lowest BCUT2D eigenvalue weighted by Crippen LogP contribution is -2.34. The highest BCUT2D eigenvalue weighted by Crippen LogP contribution is 2.02. The van der Waals surface area contributed by atoms with E-state index in [2.05, 4.69) is 12.2 Å². The van der Waals surface area contributed by atoms with E-state index in [-0.39, 0.29) is 0 Å². The summed E-state index contributed by atoms with van der Waals surface area (Å²) in [6.45, 7) is 4.48. The summed E-state index contributed by atoms with van der Waals surface area (Å²) in [5, 5.41) is 13.5. The Balaban J connectivity index is 3.40. The quantitative estimate of drug-likeness (QED) is 0.501. The molecule has 1 N–H and O–H groups in total. The predicted molar refractivity (Wildman–Crippen MR) is 58.0 cm³/mol. The Morgan fingerprint density at radius 1 is 1.20 bits per heavy atom. The van der Waals surface area contributed by atoms with Gasteiger partial charge in [0, 0.05) is 0 Å². The minimum atomic E-state index is -1.02. The standard InChI is InChI=1S/C11H22NO3/c1-3-5-7-8-10(13)12-11(14)15-9-6-4-2/h10H,3-9H2,1-2H3,(H,12,14). The fourth-order valence-corrected chi connectivity index (χ4v) is 1.13. The Morgan fingerprint density at radius 2 is 1.87 bits per heavy atom. The van der Waals surface area contributed by atoms with Gasteiger partial charge in [-0.25, -0.2) is 9.90 Å². The molecular weight excluding hydrogens is 194 g/mol. The van der Waals surface area contributed by atoms with Crippen molar-refractivity contribution in [1.29, 1.82) is 0 Å². The number of ether oxygens (including phenoxy) is 1. The average Bonchev–Trinajstić information content (AvgIpc) is 2.18. The Morgan fingerprint density at radius 3 is 2.47 bits per heavy atom. The Labute approximate surface area is 92.0 Å². The summed E-state index contributed by atoms with van der Waals surface area (Å²) >= 11 is 0. The van der Waals surface area contributed by atoms with E-state index >= 15 is 0 Å². The molecule has 0 aromatic heterocycles. The topological polar surface area (TPSA) is 58.2 Å². The van der Waals surface area contributed by atoms with Crippen LogP contribution in [0.5, 0.6) is 0 Å². The van der Waals surface area contributed by atoms with E-state index in [1.165, 1.54) is 0 Å². The first-order valence-electron chi connectivity index (χ1n) is 5.79. The minimum absolute atomic E-state index is 0.393. The van der Waals surface area contributed by atoms with Crippen LogP contribution in [0, 0.1) is 0 Å². The van der Waals surface area contributed by atoms with Gasteiger partial charge >= 0.3 is 6.09 Å². The number of unbranched alkanes of at least 4 members (excludes halogenated alkanes) is 3. The van der Waals surface area contributed by atoms with Gasteiger partial charge in [0.2, 0.25) is 0 Å². The molecule has 89 valence electrons. The minimum Gasteiger partial charge on any atom is -0.450 e. The summed E-state index contributed by atoms with van der Waals surface area (Å²) in [5.74, 6) is 0. The molecule has 0 saturated carbocycles. The molecule has 1 unspecified atom stereocenters. The Kier molecular flexibility index (Phi) is 9.27. The molecule has 4 nitrogen and oxygen atoms in total. The van der Waals surface area contributed by atoms with Gasteiger partial charge < -0.3 is 4.74 Å². The van der Waals surface area contributed by atoms with Gasteiger partial charge in [-0.05, 0) is 19.3 Å². The molecule has 1 atom stereocenters. The van der Waals surface area contributed by atoms with Gasteiger partial charge in [-0.2, -0.15) is 0 Å². The van der Waals surface area contributed by atoms with E-state index in [9.17, 15) is 9.90 Å². The number of hydrogen-bond acceptors (Lipinski definition) is 2. The zero-order chi connectivity index (χ0) is 11.5. The van der Waals surface area contributed by atoms with Crippen LogP contribution in [0.1, 0.15) is 52.4 Å². The largest absolute Gasteiger partial charge is 0.450 e. The number of carbonyl (C=O) groups is 1. The average molecular weight is 216 g/mol. The van der Waals surface area contributed by atoms with Gasteiger partial charge in [-0.1, -0.05) is 33.1 Å². The molecule has 4 heteroatoms. The second kappa shape index (κ2) is 9.77. The monoisotopic (exact) mass is 216 g/mol. The van der Waals surface area contributed by atoms with Gasteiger partial charge in [-0.3, -0.25) is 5.32 Å². The molecule has 0 rings (SSSR count). The third kappa shape index (κ3) is 9.53. The lowest BCUT2D eigenvalue weighted by molar-refractivity contribution is 0.0421. The van der Waals surface area contributed by atoms with Crippen LogP contribution in [0.3, 0.4) is 0 Å². The maximum absolute atomic E-state index is 11.2. The van der Waals surface area contributed by atoms with E-state index in [0.717, 1.165) is 32.1 Å². The van der Waals surface area contributed by atoms with Crippen LogP contribution >= 0.6 is 0 Å². The molecule has 0 aromatic carbocycles. The predicted octanol–water partition coefficient (Wildman–Crippen LogP) is 2.85. The van der Waals surface area contributed by atoms with E-state index in [1.54, 1.807) is 0 Å². The lowest BCUT2D eigenvalue weighted by Gasteiger charge is -2.10. The highest BCUT2D eigenvalue weighted by molar-refractivity contribution is 5.67. The number of alkyl carbamates (subject to hydrolysis) is 1. The maximum Gasteiger partial charge on any atom is 0.409 e. The molecule has 0 heterocycles. The SMILES string of the molecule is CCCCCC([O])NC(=O)OCCCC. The van der Waals surface area contributed by atoms with Gasteiger partial charge in [0.25, 0.3) is 0 Å². The second-order valence-electron chi connectivity index (χ2n) is 3.62. The number of amides is 1. The highest BCUT2D eigenvalue weighted by atomic mass is 16.5. The Bertz CT molecular complexity index is 162. The number of nitrogens with one attached hydrogen (secondary N) is 1. The molecule has 15 heavy (non-hydrogen) atoms. The first kappa shape index (κ1) is 14.2. The summed E-state index contributed by atoms with van der Waals surface area (Å²) in [5.41, 5.74) is 0. The van der Waals surface area contributed by atoms with Gasteiger partial charge in [-0.15, -0.1) is 0 Å². The maximum atomic E-state index is 11.2. The number of carbonyl (C=O) groups excluding carboxylic acids is 1. The van der Waals surface area contributed by atoms with E-state index in [0.29, 0.717) is 13.0 Å². The lowest BCUT2D eigenvalue weighted by atomic mass is 10.2. The summed E-state index contributed by atoms with van der Waals surface area (Å²) in [4.78, 5) is 11.0. The van der Waals surface area contributed by atoms with Gasteiger partial charge in [0.15, 0.2) is 6.23 Å². The van der Waals surface area contributed by atoms with Crippen LogP contribution in [-0.4, -0.2) is 18.9 Å². The molecule has 0 aliphatic heterocycles. The molecule has 0 fully saturated rings. The normalized spacial score (nSPS) is 12.2. The third-order valence-electron chi connectivity index (χ3n) is 2.08. The summed E-state index contributed by atoms with van der Waals surface area (Å²) in [7, 11) is 0. The first-order chi connectivity index (χ1) is 7.20. The van der Waals surface area contributed by atoms with Gasteiger partial charge in [0.05, 0.1) is 6.61 Å². The smallest absolute Gasteiger partial charge is 0.409 e. The molecule has 0 aliphatic rings. The fraction of sp³-hybridized carbons (Fsp3) is 0.909. The van der Waals surface area contributed by atoms with Crippen molar-refractivity contribution in [3.63, 3.8) is 0 Å².